The molecule has 8 nitrogen and oxygen atoms in total. The molecule has 0 radical (unpaired) electrons. The molecule has 1 amide bonds. The third-order valence-corrected chi connectivity index (χ3v) is 8.28. The number of benzene rings is 1. The van der Waals surface area contributed by atoms with E-state index < -0.39 is 5.97 Å². The molecule has 1 aromatic carbocycles. The van der Waals surface area contributed by atoms with Gasteiger partial charge in [0.1, 0.15) is 17.4 Å². The summed E-state index contributed by atoms with van der Waals surface area (Å²) >= 11 is 2.79. The number of thioether (sulfide) groups is 1. The molecule has 10 heteroatoms. The number of nitrogens with one attached hydrogen (secondary N) is 1. The number of methoxy groups -OCH3 is 1. The van der Waals surface area contributed by atoms with Gasteiger partial charge in [-0.3, -0.25) is 4.79 Å². The zero-order valence-corrected chi connectivity index (χ0v) is 22.1. The molecule has 0 unspecified atom stereocenters. The molecule has 4 rings (SSSR count). The van der Waals surface area contributed by atoms with Gasteiger partial charge in [0.2, 0.25) is 5.91 Å². The summed E-state index contributed by atoms with van der Waals surface area (Å²) in [7, 11) is 1.37. The molecule has 0 spiro atoms. The standard InChI is InChI=1S/C25H30N4O4S2/c1-5-29-20(13-33-17-11-10-15(2)16(3)12-17)27-28-25(29)34-14-21(30)26-23-22(24(31)32-4)18-8-6-7-9-19(18)35-23/h10-12H,5-9,13-14H2,1-4H3,(H,26,30). The topological polar surface area (TPSA) is 95.3 Å². The molecule has 0 bridgehead atoms. The number of nitrogens with zero attached hydrogens (tertiary/aromatic N) is 3. The van der Waals surface area contributed by atoms with Gasteiger partial charge in [0.15, 0.2) is 11.0 Å². The fraction of sp³-hybridized carbons (Fsp3) is 0.440. The molecular weight excluding hydrogens is 484 g/mol. The van der Waals surface area contributed by atoms with E-state index in [0.29, 0.717) is 34.7 Å². The first kappa shape index (κ1) is 25.2. The SMILES string of the molecule is CCn1c(COc2ccc(C)c(C)c2)nnc1SCC(=O)Nc1sc2c(c1C(=O)OC)CCCC2. The predicted octanol–water partition coefficient (Wildman–Crippen LogP) is 4.95. The number of ether oxygens (including phenoxy) is 2. The summed E-state index contributed by atoms with van der Waals surface area (Å²) in [5, 5.41) is 12.7. The van der Waals surface area contributed by atoms with Gasteiger partial charge in [-0.2, -0.15) is 0 Å². The number of amides is 1. The second-order valence-corrected chi connectivity index (χ2v) is 10.5. The average molecular weight is 515 g/mol. The lowest BCUT2D eigenvalue weighted by Crippen LogP contribution is -2.17. The molecule has 0 aliphatic heterocycles. The van der Waals surface area contributed by atoms with Crippen molar-refractivity contribution in [2.24, 2.45) is 0 Å². The van der Waals surface area contributed by atoms with Crippen LogP contribution in [0.25, 0.3) is 0 Å². The maximum absolute atomic E-state index is 12.8. The molecule has 1 N–H and O–H groups in total. The molecular formula is C25H30N4O4S2. The number of hydrogen-bond acceptors (Lipinski definition) is 8. The van der Waals surface area contributed by atoms with Crippen LogP contribution in [0.1, 0.15) is 57.5 Å². The van der Waals surface area contributed by atoms with Crippen molar-refractivity contribution in [2.75, 3.05) is 18.2 Å². The number of esters is 1. The van der Waals surface area contributed by atoms with Crippen molar-refractivity contribution < 1.29 is 19.1 Å². The predicted molar refractivity (Wildman–Crippen MR) is 138 cm³/mol. The van der Waals surface area contributed by atoms with E-state index in [4.69, 9.17) is 9.47 Å². The summed E-state index contributed by atoms with van der Waals surface area (Å²) in [6.07, 6.45) is 3.91. The smallest absolute Gasteiger partial charge is 0.341 e. The summed E-state index contributed by atoms with van der Waals surface area (Å²) in [6.45, 7) is 7.07. The summed E-state index contributed by atoms with van der Waals surface area (Å²) in [6, 6.07) is 5.98. The lowest BCUT2D eigenvalue weighted by atomic mass is 9.95. The molecule has 2 aromatic heterocycles. The minimum atomic E-state index is -0.397. The normalized spacial score (nSPS) is 12.8. The fourth-order valence-electron chi connectivity index (χ4n) is 4.07. The van der Waals surface area contributed by atoms with Crippen LogP contribution in [0.2, 0.25) is 0 Å². The summed E-state index contributed by atoms with van der Waals surface area (Å²) in [5.74, 6) is 1.04. The van der Waals surface area contributed by atoms with Gasteiger partial charge in [-0.25, -0.2) is 4.79 Å². The third-order valence-electron chi connectivity index (χ3n) is 6.10. The summed E-state index contributed by atoms with van der Waals surface area (Å²) < 4.78 is 12.9. The highest BCUT2D eigenvalue weighted by molar-refractivity contribution is 7.99. The largest absolute Gasteiger partial charge is 0.486 e. The first-order chi connectivity index (χ1) is 16.9. The number of anilines is 1. The van der Waals surface area contributed by atoms with Gasteiger partial charge in [-0.15, -0.1) is 21.5 Å². The van der Waals surface area contributed by atoms with Crippen LogP contribution in [0.15, 0.2) is 23.4 Å². The van der Waals surface area contributed by atoms with Gasteiger partial charge in [0.05, 0.1) is 18.4 Å². The molecule has 1 aliphatic rings. The molecule has 0 fully saturated rings. The lowest BCUT2D eigenvalue weighted by molar-refractivity contribution is -0.113. The Morgan fingerprint density at radius 2 is 1.97 bits per heavy atom. The highest BCUT2D eigenvalue weighted by Gasteiger charge is 2.27. The Bertz CT molecular complexity index is 1230. The number of thiophene rings is 1. The third kappa shape index (κ3) is 5.70. The maximum Gasteiger partial charge on any atom is 0.341 e. The summed E-state index contributed by atoms with van der Waals surface area (Å²) in [4.78, 5) is 26.4. The van der Waals surface area contributed by atoms with Crippen LogP contribution >= 0.6 is 23.1 Å². The van der Waals surface area contributed by atoms with Crippen molar-refractivity contribution in [3.05, 3.63) is 51.2 Å². The molecule has 186 valence electrons. The highest BCUT2D eigenvalue weighted by atomic mass is 32.2. The maximum atomic E-state index is 12.8. The van der Waals surface area contributed by atoms with Gasteiger partial charge >= 0.3 is 5.97 Å². The van der Waals surface area contributed by atoms with Crippen molar-refractivity contribution in [3.63, 3.8) is 0 Å². The zero-order valence-electron chi connectivity index (χ0n) is 20.5. The Kier molecular flexibility index (Phi) is 8.12. The first-order valence-electron chi connectivity index (χ1n) is 11.7. The number of aromatic nitrogens is 3. The van der Waals surface area contributed by atoms with Crippen LogP contribution in [0, 0.1) is 13.8 Å². The number of rotatable bonds is 9. The van der Waals surface area contributed by atoms with Gasteiger partial charge in [0.25, 0.3) is 0 Å². The van der Waals surface area contributed by atoms with Crippen LogP contribution in [-0.2, 0) is 35.5 Å². The Morgan fingerprint density at radius 1 is 1.17 bits per heavy atom. The molecule has 3 aromatic rings. The van der Waals surface area contributed by atoms with Crippen LogP contribution in [-0.4, -0.2) is 39.5 Å². The lowest BCUT2D eigenvalue weighted by Gasteiger charge is -2.12. The second-order valence-electron chi connectivity index (χ2n) is 8.42. The number of fused-ring (bicyclic) bond motifs is 1. The monoisotopic (exact) mass is 514 g/mol. The van der Waals surface area contributed by atoms with E-state index in [1.165, 1.54) is 46.2 Å². The zero-order chi connectivity index (χ0) is 24.9. The van der Waals surface area contributed by atoms with Gasteiger partial charge in [-0.1, -0.05) is 17.8 Å². The van der Waals surface area contributed by atoms with E-state index in [0.717, 1.165) is 37.0 Å². The minimum Gasteiger partial charge on any atom is -0.486 e. The minimum absolute atomic E-state index is 0.152. The number of carbonyl (C=O) groups excluding carboxylic acids is 2. The van der Waals surface area contributed by atoms with Gasteiger partial charge in [-0.05, 0) is 75.3 Å². The van der Waals surface area contributed by atoms with E-state index >= 15 is 0 Å². The van der Waals surface area contributed by atoms with E-state index in [-0.39, 0.29) is 11.7 Å². The average Bonchev–Trinajstić information content (AvgIpc) is 3.43. The van der Waals surface area contributed by atoms with E-state index in [9.17, 15) is 9.59 Å². The molecule has 0 saturated carbocycles. The van der Waals surface area contributed by atoms with Crippen LogP contribution < -0.4 is 10.1 Å². The van der Waals surface area contributed by atoms with Gasteiger partial charge in [0, 0.05) is 11.4 Å². The number of aryl methyl sites for hydroxylation is 3. The molecule has 2 heterocycles. The van der Waals surface area contributed by atoms with Crippen molar-refractivity contribution in [1.29, 1.82) is 0 Å². The molecule has 35 heavy (non-hydrogen) atoms. The van der Waals surface area contributed by atoms with E-state index in [2.05, 4.69) is 29.4 Å². The Hall–Kier alpha value is -2.85. The highest BCUT2D eigenvalue weighted by Crippen LogP contribution is 2.38. The van der Waals surface area contributed by atoms with E-state index in [1.54, 1.807) is 0 Å². The quantitative estimate of drug-likeness (QED) is 0.319. The molecule has 1 aliphatic carbocycles. The van der Waals surface area contributed by atoms with Crippen LogP contribution in [0.3, 0.4) is 0 Å². The Labute approximate surface area is 213 Å². The van der Waals surface area contributed by atoms with Crippen LogP contribution in [0.4, 0.5) is 5.00 Å². The Balaban J connectivity index is 1.40. The summed E-state index contributed by atoms with van der Waals surface area (Å²) in [5.41, 5.74) is 3.92. The van der Waals surface area contributed by atoms with Crippen molar-refractivity contribution in [1.82, 2.24) is 14.8 Å². The van der Waals surface area contributed by atoms with Gasteiger partial charge < -0.3 is 19.4 Å². The molecule has 0 atom stereocenters. The first-order valence-corrected chi connectivity index (χ1v) is 13.5. The Morgan fingerprint density at radius 3 is 2.71 bits per heavy atom. The molecule has 0 saturated heterocycles. The van der Waals surface area contributed by atoms with Crippen molar-refractivity contribution >= 4 is 40.0 Å². The van der Waals surface area contributed by atoms with Crippen LogP contribution in [0.5, 0.6) is 5.75 Å². The van der Waals surface area contributed by atoms with Crippen molar-refractivity contribution in [3.8, 4) is 5.75 Å². The number of carbonyl (C=O) groups is 2. The number of hydrogen-bond donors (Lipinski definition) is 1. The van der Waals surface area contributed by atoms with E-state index in [1.807, 2.05) is 29.7 Å². The second kappa shape index (κ2) is 11.3. The van der Waals surface area contributed by atoms with Crippen molar-refractivity contribution in [2.45, 2.75) is 64.8 Å². The fourth-order valence-corrected chi connectivity index (χ4v) is 6.18.